The average molecular weight is 383 g/mol. The van der Waals surface area contributed by atoms with E-state index < -0.39 is 35.8 Å². The number of hydrogen-bond acceptors (Lipinski definition) is 4. The van der Waals surface area contributed by atoms with Gasteiger partial charge < -0.3 is 10.1 Å². The number of nitrogens with zero attached hydrogens (tertiary/aromatic N) is 1. The number of urea groups is 1. The molecule has 1 aliphatic carbocycles. The molecule has 26 heavy (non-hydrogen) atoms. The molecule has 2 aliphatic rings. The van der Waals surface area contributed by atoms with Gasteiger partial charge in [-0.05, 0) is 30.9 Å². The van der Waals surface area contributed by atoms with Gasteiger partial charge in [0.25, 0.3) is 5.91 Å². The van der Waals surface area contributed by atoms with E-state index in [1.807, 2.05) is 6.92 Å². The molecule has 2 atom stereocenters. The lowest BCUT2D eigenvalue weighted by Crippen LogP contribution is -2.54. The van der Waals surface area contributed by atoms with Crippen molar-refractivity contribution in [2.24, 2.45) is 5.92 Å². The summed E-state index contributed by atoms with van der Waals surface area (Å²) in [5.74, 6) is -1.77. The minimum Gasteiger partial charge on any atom is -0.459 e. The topological polar surface area (TPSA) is 75.7 Å². The largest absolute Gasteiger partial charge is 0.459 e. The van der Waals surface area contributed by atoms with Crippen LogP contribution in [-0.4, -0.2) is 34.9 Å². The van der Waals surface area contributed by atoms with Crippen molar-refractivity contribution < 1.29 is 23.5 Å². The van der Waals surface area contributed by atoms with E-state index in [-0.39, 0.29) is 23.1 Å². The Morgan fingerprint density at radius 1 is 1.42 bits per heavy atom. The van der Waals surface area contributed by atoms with Gasteiger partial charge in [0.1, 0.15) is 24.5 Å². The lowest BCUT2D eigenvalue weighted by molar-refractivity contribution is -0.149. The fourth-order valence-corrected chi connectivity index (χ4v) is 3.85. The molecule has 0 bridgehead atoms. The van der Waals surface area contributed by atoms with E-state index in [1.54, 1.807) is 0 Å². The van der Waals surface area contributed by atoms with Gasteiger partial charge in [-0.3, -0.25) is 14.5 Å². The molecule has 3 amide bonds. The monoisotopic (exact) mass is 382 g/mol. The van der Waals surface area contributed by atoms with Gasteiger partial charge in [0, 0.05) is 5.56 Å². The van der Waals surface area contributed by atoms with Crippen LogP contribution >= 0.6 is 11.6 Å². The summed E-state index contributed by atoms with van der Waals surface area (Å²) < 4.78 is 18.7. The molecule has 0 unspecified atom stereocenters. The average Bonchev–Trinajstić information content (AvgIpc) is 2.82. The van der Waals surface area contributed by atoms with Crippen LogP contribution in [0.2, 0.25) is 5.02 Å². The van der Waals surface area contributed by atoms with Crippen molar-refractivity contribution in [1.82, 2.24) is 10.2 Å². The number of rotatable bonds is 4. The van der Waals surface area contributed by atoms with Gasteiger partial charge in [-0.2, -0.15) is 0 Å². The van der Waals surface area contributed by atoms with Crippen molar-refractivity contribution in [1.29, 1.82) is 0 Å². The summed E-state index contributed by atoms with van der Waals surface area (Å²) in [6.07, 6.45) is 3.27. The Hall–Kier alpha value is -2.15. The lowest BCUT2D eigenvalue weighted by Gasteiger charge is -2.36. The van der Waals surface area contributed by atoms with Crippen LogP contribution < -0.4 is 5.32 Å². The number of hydrogen-bond donors (Lipinski definition) is 1. The fraction of sp³-hybridized carbons (Fsp3) is 0.500. The fourth-order valence-electron chi connectivity index (χ4n) is 3.64. The van der Waals surface area contributed by atoms with E-state index in [1.165, 1.54) is 18.2 Å². The summed E-state index contributed by atoms with van der Waals surface area (Å²) in [5, 5.41) is 2.91. The molecular weight excluding hydrogens is 363 g/mol. The number of carbonyl (C=O) groups is 3. The summed E-state index contributed by atoms with van der Waals surface area (Å²) in [6.45, 7) is 1.06. The summed E-state index contributed by atoms with van der Waals surface area (Å²) in [4.78, 5) is 38.0. The second-order valence-corrected chi connectivity index (χ2v) is 7.21. The van der Waals surface area contributed by atoms with Gasteiger partial charge in [-0.1, -0.05) is 37.4 Å². The molecule has 1 heterocycles. The molecule has 6 nitrogen and oxygen atoms in total. The normalized spacial score (nSPS) is 25.5. The predicted octanol–water partition coefficient (Wildman–Crippen LogP) is 3.02. The first kappa shape index (κ1) is 18.6. The van der Waals surface area contributed by atoms with Gasteiger partial charge in [0.05, 0.1) is 5.02 Å². The first-order chi connectivity index (χ1) is 12.3. The van der Waals surface area contributed by atoms with E-state index in [0.717, 1.165) is 24.2 Å². The Labute approximate surface area is 155 Å². The molecule has 8 heteroatoms. The molecule has 1 saturated carbocycles. The highest BCUT2D eigenvalue weighted by Gasteiger charge is 2.55. The molecule has 1 aromatic rings. The highest BCUT2D eigenvalue weighted by Crippen LogP contribution is 2.38. The molecule has 1 spiro atoms. The molecule has 1 saturated heterocycles. The maximum absolute atomic E-state index is 13.7. The Bertz CT molecular complexity index is 736. The second kappa shape index (κ2) is 7.23. The van der Waals surface area contributed by atoms with Crippen LogP contribution in [0, 0.1) is 11.7 Å². The predicted molar refractivity (Wildman–Crippen MR) is 91.8 cm³/mol. The Balaban J connectivity index is 1.64. The summed E-state index contributed by atoms with van der Waals surface area (Å²) in [5.41, 5.74) is -0.873. The molecular formula is C18H20ClFN2O4. The van der Waals surface area contributed by atoms with Crippen LogP contribution in [0.3, 0.4) is 0 Å². The highest BCUT2D eigenvalue weighted by atomic mass is 35.5. The van der Waals surface area contributed by atoms with Crippen LogP contribution in [0.15, 0.2) is 18.2 Å². The van der Waals surface area contributed by atoms with Gasteiger partial charge in [-0.15, -0.1) is 0 Å². The van der Waals surface area contributed by atoms with Crippen molar-refractivity contribution in [2.75, 3.05) is 6.54 Å². The minimum atomic E-state index is -0.926. The maximum atomic E-state index is 13.7. The third-order valence-corrected chi connectivity index (χ3v) is 5.58. The molecule has 1 aromatic carbocycles. The number of ether oxygens (including phenoxy) is 1. The molecule has 2 fully saturated rings. The van der Waals surface area contributed by atoms with Crippen LogP contribution in [0.25, 0.3) is 0 Å². The number of amides is 3. The first-order valence-corrected chi connectivity index (χ1v) is 8.95. The Morgan fingerprint density at radius 3 is 2.88 bits per heavy atom. The third kappa shape index (κ3) is 3.28. The number of nitrogens with one attached hydrogen (secondary N) is 1. The van der Waals surface area contributed by atoms with E-state index >= 15 is 0 Å². The van der Waals surface area contributed by atoms with E-state index in [0.29, 0.717) is 6.42 Å². The molecule has 1 N–H and O–H groups in total. The van der Waals surface area contributed by atoms with E-state index in [4.69, 9.17) is 16.3 Å². The zero-order valence-electron chi connectivity index (χ0n) is 14.4. The smallest absolute Gasteiger partial charge is 0.326 e. The zero-order chi connectivity index (χ0) is 18.9. The molecule has 1 aliphatic heterocycles. The summed E-state index contributed by atoms with van der Waals surface area (Å²) in [6, 6.07) is 3.55. The SMILES string of the molecule is C[C@@H]1CCCC[C@]12NC(=O)N(CC(=O)OCc1c(F)cccc1Cl)C2=O. The zero-order valence-corrected chi connectivity index (χ0v) is 15.1. The van der Waals surface area contributed by atoms with E-state index in [9.17, 15) is 18.8 Å². The number of halogens is 2. The number of benzene rings is 1. The lowest BCUT2D eigenvalue weighted by atomic mass is 9.73. The highest BCUT2D eigenvalue weighted by molar-refractivity contribution is 6.31. The Kier molecular flexibility index (Phi) is 5.18. The number of carbonyl (C=O) groups excluding carboxylic acids is 3. The van der Waals surface area contributed by atoms with Crippen molar-refractivity contribution >= 4 is 29.5 Å². The van der Waals surface area contributed by atoms with Gasteiger partial charge in [-0.25, -0.2) is 9.18 Å². The van der Waals surface area contributed by atoms with Gasteiger partial charge in [0.2, 0.25) is 0 Å². The Morgan fingerprint density at radius 2 is 2.19 bits per heavy atom. The van der Waals surface area contributed by atoms with Crippen molar-refractivity contribution in [3.63, 3.8) is 0 Å². The van der Waals surface area contributed by atoms with Crippen molar-refractivity contribution in [2.45, 2.75) is 44.8 Å². The summed E-state index contributed by atoms with van der Waals surface area (Å²) >= 11 is 5.88. The second-order valence-electron chi connectivity index (χ2n) is 6.80. The van der Waals surface area contributed by atoms with E-state index in [2.05, 4.69) is 5.32 Å². The van der Waals surface area contributed by atoms with Crippen molar-refractivity contribution in [3.8, 4) is 0 Å². The van der Waals surface area contributed by atoms with Crippen molar-refractivity contribution in [3.05, 3.63) is 34.6 Å². The quantitative estimate of drug-likeness (QED) is 0.641. The van der Waals surface area contributed by atoms with Crippen LogP contribution in [0.4, 0.5) is 9.18 Å². The molecule has 140 valence electrons. The number of esters is 1. The third-order valence-electron chi connectivity index (χ3n) is 5.23. The summed E-state index contributed by atoms with van der Waals surface area (Å²) in [7, 11) is 0. The first-order valence-electron chi connectivity index (χ1n) is 8.58. The minimum absolute atomic E-state index is 0.00550. The molecule has 0 radical (unpaired) electrons. The standard InChI is InChI=1S/C18H20ClFN2O4/c1-11-5-2-3-8-18(11)16(24)22(17(25)21-18)9-15(23)26-10-12-13(19)6-4-7-14(12)20/h4,6-7,11H,2-3,5,8-10H2,1H3,(H,21,25)/t11-,18+/m1/s1. The van der Waals surface area contributed by atoms with Gasteiger partial charge in [0.15, 0.2) is 0 Å². The van der Waals surface area contributed by atoms with Crippen LogP contribution in [0.1, 0.15) is 38.2 Å². The number of imide groups is 1. The van der Waals surface area contributed by atoms with Crippen LogP contribution in [-0.2, 0) is 20.9 Å². The molecule has 0 aromatic heterocycles. The maximum Gasteiger partial charge on any atom is 0.326 e. The van der Waals surface area contributed by atoms with Gasteiger partial charge >= 0.3 is 12.0 Å². The molecule has 3 rings (SSSR count). The van der Waals surface area contributed by atoms with Crippen LogP contribution in [0.5, 0.6) is 0 Å².